The summed E-state index contributed by atoms with van der Waals surface area (Å²) in [6.07, 6.45) is 21.0. The molecule has 0 fully saturated rings. The average Bonchev–Trinajstić information content (AvgIpc) is 4.08. The number of allylic oxidation sites excluding steroid dienone is 2. The van der Waals surface area contributed by atoms with Crippen LogP contribution < -0.4 is 16.6 Å². The predicted octanol–water partition coefficient (Wildman–Crippen LogP) is 4.23. The summed E-state index contributed by atoms with van der Waals surface area (Å²) in [6.45, 7) is 9.63. The minimum Gasteiger partial charge on any atom is -0.462 e. The maximum absolute atomic E-state index is 12.4. The van der Waals surface area contributed by atoms with Crippen LogP contribution in [-0.4, -0.2) is 122 Å². The Morgan fingerprint density at radius 2 is 1.19 bits per heavy atom. The third kappa shape index (κ3) is 17.9. The second kappa shape index (κ2) is 30.0. The van der Waals surface area contributed by atoms with Crippen LogP contribution in [0.4, 0.5) is 0 Å². The molecule has 2 aromatic carbocycles. The lowest BCUT2D eigenvalue weighted by molar-refractivity contribution is -0.129. The van der Waals surface area contributed by atoms with Crippen LogP contribution in [0, 0.1) is 5.92 Å². The highest BCUT2D eigenvalue weighted by Gasteiger charge is 2.22. The molecule has 358 valence electrons. The summed E-state index contributed by atoms with van der Waals surface area (Å²) in [4.78, 5) is 80.5. The summed E-state index contributed by atoms with van der Waals surface area (Å²) < 4.78 is 13.4. The maximum Gasteiger partial charge on any atom is 0.341 e. The number of amides is 2. The molecule has 2 aromatic heterocycles. The van der Waals surface area contributed by atoms with E-state index in [2.05, 4.69) is 20.9 Å². The van der Waals surface area contributed by atoms with E-state index in [-0.39, 0.29) is 48.5 Å². The number of Topliss-reactive ketones (excluding diaryl/α,β-unsaturated/α-hetero) is 1. The van der Waals surface area contributed by atoms with Crippen LogP contribution in [0.15, 0.2) is 122 Å². The van der Waals surface area contributed by atoms with Gasteiger partial charge in [-0.3, -0.25) is 35.0 Å². The molecule has 0 saturated heterocycles. The number of rotatable bonds is 12. The molecule has 5 heterocycles. The zero-order chi connectivity index (χ0) is 49.0. The fourth-order valence-electron chi connectivity index (χ4n) is 6.21. The fourth-order valence-corrected chi connectivity index (χ4v) is 6.21. The van der Waals surface area contributed by atoms with Crippen LogP contribution >= 0.6 is 0 Å². The summed E-state index contributed by atoms with van der Waals surface area (Å²) in [5, 5.41) is 19.1. The van der Waals surface area contributed by atoms with Crippen molar-refractivity contribution in [3.63, 3.8) is 0 Å². The standard InChI is InChI=1S/C18H19N3O3.C12H15N3O.C11H15N3O2.C5H6O3.C2H6O/c1-2-24-18(23)15-12-19-21(13-15)16-8-10-20(11-9-16)17(22)14-6-4-3-5-7-14;13-14-11-6-8-15(9-7-11)12(16)10-4-2-1-3-5-10;1-2-16-11(15)9-7-13-14(8-9)10-3-5-12-6-4-10;1-4(8)5(2-6)3-7;1-2-3/h3-8,10,12-13,16H,2,9,11H2,1H3;1-6,8,11,14H,7,9,13H2;3,5,7-8,10,12H,2,4,6H2,1H3;2-3,5H,1H3;3H,2H2,1H3. The molecule has 0 radical (unpaired) electrons. The largest absolute Gasteiger partial charge is 0.462 e. The minimum atomic E-state index is -1.05. The normalized spacial score (nSPS) is 16.7. The Bertz CT molecular complexity index is 2250. The first-order valence-electron chi connectivity index (χ1n) is 21.8. The minimum absolute atomic E-state index is 0.0158. The number of aromatic nitrogens is 4. The van der Waals surface area contributed by atoms with E-state index < -0.39 is 11.7 Å². The molecule has 7 rings (SSSR count). The first-order chi connectivity index (χ1) is 32.4. The van der Waals surface area contributed by atoms with Crippen LogP contribution in [-0.2, 0) is 23.9 Å². The lowest BCUT2D eigenvalue weighted by Gasteiger charge is -2.26. The third-order valence-corrected chi connectivity index (χ3v) is 9.80. The Morgan fingerprint density at radius 3 is 1.54 bits per heavy atom. The number of esters is 2. The molecule has 4 aromatic rings. The van der Waals surface area contributed by atoms with Gasteiger partial charge in [-0.1, -0.05) is 36.4 Å². The molecular formula is C48H61N9O10. The Morgan fingerprint density at radius 1 is 0.731 bits per heavy atom. The van der Waals surface area contributed by atoms with Gasteiger partial charge in [-0.2, -0.15) is 10.2 Å². The highest BCUT2D eigenvalue weighted by atomic mass is 16.5. The van der Waals surface area contributed by atoms with Crippen LogP contribution in [0.2, 0.25) is 0 Å². The molecule has 3 atom stereocenters. The number of ether oxygens (including phenoxy) is 2. The van der Waals surface area contributed by atoms with Crippen molar-refractivity contribution < 1.29 is 48.1 Å². The first-order valence-corrected chi connectivity index (χ1v) is 21.8. The monoisotopic (exact) mass is 923 g/mol. The number of aliphatic hydroxyl groups excluding tert-OH is 1. The van der Waals surface area contributed by atoms with Gasteiger partial charge in [0.1, 0.15) is 24.3 Å². The van der Waals surface area contributed by atoms with Crippen molar-refractivity contribution in [2.24, 2.45) is 11.8 Å². The van der Waals surface area contributed by atoms with Gasteiger partial charge in [0.05, 0.1) is 48.8 Å². The number of hydrogen-bond acceptors (Lipinski definition) is 15. The number of benzene rings is 2. The molecule has 3 aliphatic heterocycles. The molecule has 0 bridgehead atoms. The molecule has 19 heteroatoms. The molecule has 2 amide bonds. The lowest BCUT2D eigenvalue weighted by Crippen LogP contribution is -2.40. The van der Waals surface area contributed by atoms with Gasteiger partial charge < -0.3 is 39.3 Å². The van der Waals surface area contributed by atoms with E-state index in [0.717, 1.165) is 25.8 Å². The van der Waals surface area contributed by atoms with Crippen molar-refractivity contribution >= 4 is 42.1 Å². The van der Waals surface area contributed by atoms with E-state index in [9.17, 15) is 33.6 Å². The second-order valence-corrected chi connectivity index (χ2v) is 14.6. The van der Waals surface area contributed by atoms with Gasteiger partial charge in [-0.25, -0.2) is 9.59 Å². The van der Waals surface area contributed by atoms with Crippen molar-refractivity contribution in [1.82, 2.24) is 40.1 Å². The van der Waals surface area contributed by atoms with E-state index in [0.29, 0.717) is 61.1 Å². The number of nitrogens with one attached hydrogen (secondary N) is 2. The SMILES string of the molecule is CC(=O)C(C=O)C=O.CCO.CCOC(=O)c1cnn(C2C=CN(C(=O)c3ccccc3)CC2)c1.CCOC(=O)c1cnn(C2C=CNCC2)c1.NNC1C=CN(C(=O)c2ccccc2)CC1. The molecular weight excluding hydrogens is 863 g/mol. The van der Waals surface area contributed by atoms with Gasteiger partial charge in [0.25, 0.3) is 11.8 Å². The molecule has 67 heavy (non-hydrogen) atoms. The number of nitrogens with two attached hydrogens (primary N) is 1. The Hall–Kier alpha value is -7.35. The maximum atomic E-state index is 12.4. The van der Waals surface area contributed by atoms with Crippen LogP contribution in [0.1, 0.15) is 100 Å². The number of carbonyl (C=O) groups is 7. The molecule has 0 spiro atoms. The topological polar surface area (TPSA) is 250 Å². The molecule has 0 saturated carbocycles. The van der Waals surface area contributed by atoms with E-state index in [1.165, 1.54) is 13.1 Å². The zero-order valence-corrected chi connectivity index (χ0v) is 38.3. The highest BCUT2D eigenvalue weighted by molar-refractivity contribution is 6.04. The van der Waals surface area contributed by atoms with Crippen molar-refractivity contribution in [2.45, 2.75) is 65.1 Å². The summed E-state index contributed by atoms with van der Waals surface area (Å²) in [6, 6.07) is 18.9. The second-order valence-electron chi connectivity index (χ2n) is 14.6. The smallest absolute Gasteiger partial charge is 0.341 e. The van der Waals surface area contributed by atoms with Gasteiger partial charge >= 0.3 is 11.9 Å². The number of aldehydes is 2. The van der Waals surface area contributed by atoms with Crippen LogP contribution in [0.3, 0.4) is 0 Å². The molecule has 3 aliphatic rings. The van der Waals surface area contributed by atoms with Gasteiger partial charge in [-0.05, 0) is 95.7 Å². The highest BCUT2D eigenvalue weighted by Crippen LogP contribution is 2.21. The fraction of sp³-hybridized carbons (Fsp3) is 0.354. The van der Waals surface area contributed by atoms with Gasteiger partial charge in [0.2, 0.25) is 0 Å². The molecule has 5 N–H and O–H groups in total. The van der Waals surface area contributed by atoms with Crippen molar-refractivity contribution in [3.05, 3.63) is 145 Å². The molecule has 0 aliphatic carbocycles. The first kappa shape index (κ1) is 54.0. The van der Waals surface area contributed by atoms with Crippen LogP contribution in [0.5, 0.6) is 0 Å². The zero-order valence-electron chi connectivity index (χ0n) is 38.3. The Labute approximate surface area is 390 Å². The lowest BCUT2D eigenvalue weighted by atomic mass is 10.1. The van der Waals surface area contributed by atoms with Gasteiger partial charge in [0.15, 0.2) is 0 Å². The number of hydrazine groups is 1. The van der Waals surface area contributed by atoms with Crippen molar-refractivity contribution in [1.29, 1.82) is 0 Å². The molecule has 19 nitrogen and oxygen atoms in total. The average molecular weight is 924 g/mol. The summed E-state index contributed by atoms with van der Waals surface area (Å²) in [7, 11) is 0. The van der Waals surface area contributed by atoms with Crippen molar-refractivity contribution in [3.8, 4) is 0 Å². The predicted molar refractivity (Wildman–Crippen MR) is 249 cm³/mol. The van der Waals surface area contributed by atoms with Crippen LogP contribution in [0.25, 0.3) is 0 Å². The Balaban J connectivity index is 0.000000245. The number of carbonyl (C=O) groups excluding carboxylic acids is 7. The van der Waals surface area contributed by atoms with E-state index in [1.807, 2.05) is 73.0 Å². The quantitative estimate of drug-likeness (QED) is 0.0510. The summed E-state index contributed by atoms with van der Waals surface area (Å²) in [5.74, 6) is 3.21. The summed E-state index contributed by atoms with van der Waals surface area (Å²) >= 11 is 0. The van der Waals surface area contributed by atoms with E-state index in [1.54, 1.807) is 83.1 Å². The van der Waals surface area contributed by atoms with E-state index in [4.69, 9.17) is 20.4 Å². The van der Waals surface area contributed by atoms with Crippen molar-refractivity contribution in [2.75, 3.05) is 39.5 Å². The number of ketones is 1. The molecule has 3 unspecified atom stereocenters. The van der Waals surface area contributed by atoms with Gasteiger partial charge in [0, 0.05) is 68.2 Å². The van der Waals surface area contributed by atoms with E-state index >= 15 is 0 Å². The number of nitrogens with zero attached hydrogens (tertiary/aromatic N) is 6. The summed E-state index contributed by atoms with van der Waals surface area (Å²) in [5.41, 5.74) is 5.01. The third-order valence-electron chi connectivity index (χ3n) is 9.80. The number of aliphatic hydroxyl groups is 1. The van der Waals surface area contributed by atoms with Gasteiger partial charge in [-0.15, -0.1) is 0 Å². The number of hydrogen-bond donors (Lipinski definition) is 4. The Kier molecular flexibility index (Phi) is 24.1.